The summed E-state index contributed by atoms with van der Waals surface area (Å²) in [5, 5.41) is 4.44. The first-order chi connectivity index (χ1) is 9.17. The molecule has 0 bridgehead atoms. The van der Waals surface area contributed by atoms with Crippen LogP contribution < -0.4 is 5.32 Å². The molecule has 0 saturated carbocycles. The van der Waals surface area contributed by atoms with Crippen molar-refractivity contribution < 1.29 is 0 Å². The number of nitrogens with one attached hydrogen (secondary N) is 1. The van der Waals surface area contributed by atoms with Crippen LogP contribution in [0.1, 0.15) is 45.9 Å². The number of imidazole rings is 1. The van der Waals surface area contributed by atoms with Crippen LogP contribution in [0, 0.1) is 0 Å². The summed E-state index contributed by atoms with van der Waals surface area (Å²) in [6.07, 6.45) is 8.60. The van der Waals surface area contributed by atoms with Gasteiger partial charge >= 0.3 is 0 Å². The Balaban J connectivity index is 2.38. The average molecular weight is 283 g/mol. The van der Waals surface area contributed by atoms with Crippen molar-refractivity contribution in [3.05, 3.63) is 18.2 Å². The van der Waals surface area contributed by atoms with Gasteiger partial charge in [-0.05, 0) is 25.8 Å². The van der Waals surface area contributed by atoms with E-state index in [0.29, 0.717) is 6.04 Å². The molecule has 2 unspecified atom stereocenters. The molecule has 19 heavy (non-hydrogen) atoms. The SMILES string of the molecule is CCCNC(CCc1nccn1C)CSC(C)CC. The molecule has 1 rings (SSSR count). The van der Waals surface area contributed by atoms with Crippen molar-refractivity contribution in [3.63, 3.8) is 0 Å². The first-order valence-corrected chi connectivity index (χ1v) is 8.53. The van der Waals surface area contributed by atoms with Gasteiger partial charge in [0.25, 0.3) is 0 Å². The number of thioether (sulfide) groups is 1. The Bertz CT molecular complexity index is 338. The summed E-state index contributed by atoms with van der Waals surface area (Å²) in [5.74, 6) is 2.40. The van der Waals surface area contributed by atoms with Crippen molar-refractivity contribution in [1.29, 1.82) is 0 Å². The highest BCUT2D eigenvalue weighted by molar-refractivity contribution is 7.99. The molecule has 4 heteroatoms. The molecule has 1 aromatic heterocycles. The molecule has 110 valence electrons. The van der Waals surface area contributed by atoms with Crippen LogP contribution in [-0.4, -0.2) is 33.1 Å². The monoisotopic (exact) mass is 283 g/mol. The molecule has 0 saturated heterocycles. The van der Waals surface area contributed by atoms with Crippen molar-refractivity contribution >= 4 is 11.8 Å². The summed E-state index contributed by atoms with van der Waals surface area (Å²) in [5.41, 5.74) is 0. The Kier molecular flexibility index (Phi) is 8.22. The second kappa shape index (κ2) is 9.43. The number of hydrogen-bond acceptors (Lipinski definition) is 3. The number of hydrogen-bond donors (Lipinski definition) is 1. The average Bonchev–Trinajstić information content (AvgIpc) is 2.83. The lowest BCUT2D eigenvalue weighted by Crippen LogP contribution is -2.33. The Morgan fingerprint density at radius 3 is 2.79 bits per heavy atom. The van der Waals surface area contributed by atoms with Gasteiger partial charge < -0.3 is 9.88 Å². The van der Waals surface area contributed by atoms with Crippen molar-refractivity contribution in [2.45, 2.75) is 57.7 Å². The maximum absolute atomic E-state index is 4.41. The minimum absolute atomic E-state index is 0.607. The van der Waals surface area contributed by atoms with Gasteiger partial charge in [-0.2, -0.15) is 11.8 Å². The third-order valence-electron chi connectivity index (χ3n) is 3.48. The van der Waals surface area contributed by atoms with Crippen LogP contribution >= 0.6 is 11.8 Å². The lowest BCUT2D eigenvalue weighted by Gasteiger charge is -2.20. The van der Waals surface area contributed by atoms with E-state index in [1.807, 2.05) is 12.4 Å². The standard InChI is InChI=1S/C15H29N3S/c1-5-9-16-14(12-19-13(3)6-2)7-8-15-17-10-11-18(15)4/h10-11,13-14,16H,5-9,12H2,1-4H3. The fourth-order valence-electron chi connectivity index (χ4n) is 1.93. The fraction of sp³-hybridized carbons (Fsp3) is 0.800. The zero-order valence-corrected chi connectivity index (χ0v) is 13.7. The van der Waals surface area contributed by atoms with Gasteiger partial charge in [-0.3, -0.25) is 0 Å². The molecule has 0 aliphatic rings. The van der Waals surface area contributed by atoms with E-state index in [2.05, 4.69) is 54.4 Å². The number of aromatic nitrogens is 2. The molecule has 1 N–H and O–H groups in total. The van der Waals surface area contributed by atoms with E-state index >= 15 is 0 Å². The molecule has 1 heterocycles. The molecule has 0 spiro atoms. The number of rotatable bonds is 10. The van der Waals surface area contributed by atoms with E-state index in [9.17, 15) is 0 Å². The predicted molar refractivity (Wildman–Crippen MR) is 85.8 cm³/mol. The van der Waals surface area contributed by atoms with E-state index in [1.54, 1.807) is 0 Å². The van der Waals surface area contributed by atoms with Gasteiger partial charge in [0, 0.05) is 42.9 Å². The Labute approximate surface area is 122 Å². The molecular formula is C15H29N3S. The third-order valence-corrected chi connectivity index (χ3v) is 4.97. The summed E-state index contributed by atoms with van der Waals surface area (Å²) in [6.45, 7) is 7.93. The fourth-order valence-corrected chi connectivity index (χ4v) is 3.01. The smallest absolute Gasteiger partial charge is 0.108 e. The van der Waals surface area contributed by atoms with Gasteiger partial charge in [0.2, 0.25) is 0 Å². The number of aryl methyl sites for hydroxylation is 2. The van der Waals surface area contributed by atoms with Gasteiger partial charge in [0.05, 0.1) is 0 Å². The van der Waals surface area contributed by atoms with Gasteiger partial charge in [0.15, 0.2) is 0 Å². The highest BCUT2D eigenvalue weighted by Gasteiger charge is 2.11. The van der Waals surface area contributed by atoms with Crippen molar-refractivity contribution in [3.8, 4) is 0 Å². The molecular weight excluding hydrogens is 254 g/mol. The van der Waals surface area contributed by atoms with Crippen molar-refractivity contribution in [2.75, 3.05) is 12.3 Å². The van der Waals surface area contributed by atoms with Crippen LogP contribution in [0.15, 0.2) is 12.4 Å². The Hall–Kier alpha value is -0.480. The molecule has 0 fully saturated rings. The van der Waals surface area contributed by atoms with Crippen LogP contribution in [0.2, 0.25) is 0 Å². The first kappa shape index (κ1) is 16.6. The van der Waals surface area contributed by atoms with Crippen LogP contribution in [-0.2, 0) is 13.5 Å². The van der Waals surface area contributed by atoms with Gasteiger partial charge in [-0.15, -0.1) is 0 Å². The van der Waals surface area contributed by atoms with Crippen molar-refractivity contribution in [1.82, 2.24) is 14.9 Å². The second-order valence-corrected chi connectivity index (χ2v) is 6.67. The molecule has 1 aromatic rings. The Morgan fingerprint density at radius 1 is 1.42 bits per heavy atom. The Morgan fingerprint density at radius 2 is 2.21 bits per heavy atom. The zero-order valence-electron chi connectivity index (χ0n) is 12.9. The summed E-state index contributed by atoms with van der Waals surface area (Å²) in [6, 6.07) is 0.607. The second-order valence-electron chi connectivity index (χ2n) is 5.20. The first-order valence-electron chi connectivity index (χ1n) is 7.48. The number of nitrogens with zero attached hydrogens (tertiary/aromatic N) is 2. The lowest BCUT2D eigenvalue weighted by atomic mass is 10.1. The molecule has 0 aromatic carbocycles. The van der Waals surface area contributed by atoms with Crippen LogP contribution in [0.5, 0.6) is 0 Å². The summed E-state index contributed by atoms with van der Waals surface area (Å²) < 4.78 is 2.12. The lowest BCUT2D eigenvalue weighted by molar-refractivity contribution is 0.510. The van der Waals surface area contributed by atoms with E-state index < -0.39 is 0 Å². The van der Waals surface area contributed by atoms with Gasteiger partial charge in [0.1, 0.15) is 5.82 Å². The van der Waals surface area contributed by atoms with Crippen LogP contribution in [0.25, 0.3) is 0 Å². The molecule has 0 amide bonds. The maximum Gasteiger partial charge on any atom is 0.108 e. The van der Waals surface area contributed by atoms with Crippen molar-refractivity contribution in [2.24, 2.45) is 7.05 Å². The maximum atomic E-state index is 4.41. The summed E-state index contributed by atoms with van der Waals surface area (Å²) in [7, 11) is 2.07. The summed E-state index contributed by atoms with van der Waals surface area (Å²) in [4.78, 5) is 4.41. The normalized spacial score (nSPS) is 14.5. The molecule has 0 aliphatic heterocycles. The third kappa shape index (κ3) is 6.48. The molecule has 2 atom stereocenters. The van der Waals surface area contributed by atoms with E-state index in [0.717, 1.165) is 18.2 Å². The zero-order chi connectivity index (χ0) is 14.1. The molecule has 0 radical (unpaired) electrons. The van der Waals surface area contributed by atoms with E-state index in [4.69, 9.17) is 0 Å². The molecule has 3 nitrogen and oxygen atoms in total. The highest BCUT2D eigenvalue weighted by Crippen LogP contribution is 2.16. The van der Waals surface area contributed by atoms with E-state index in [1.165, 1.54) is 30.8 Å². The van der Waals surface area contributed by atoms with Crippen LogP contribution in [0.3, 0.4) is 0 Å². The highest BCUT2D eigenvalue weighted by atomic mass is 32.2. The van der Waals surface area contributed by atoms with Gasteiger partial charge in [-0.1, -0.05) is 20.8 Å². The summed E-state index contributed by atoms with van der Waals surface area (Å²) >= 11 is 2.09. The largest absolute Gasteiger partial charge is 0.338 e. The predicted octanol–water partition coefficient (Wildman–Crippen LogP) is 3.25. The van der Waals surface area contributed by atoms with Crippen LogP contribution in [0.4, 0.5) is 0 Å². The van der Waals surface area contributed by atoms with Gasteiger partial charge in [-0.25, -0.2) is 4.98 Å². The van der Waals surface area contributed by atoms with E-state index in [-0.39, 0.29) is 0 Å². The molecule has 0 aliphatic carbocycles. The topological polar surface area (TPSA) is 29.9 Å². The minimum Gasteiger partial charge on any atom is -0.338 e. The minimum atomic E-state index is 0.607. The quantitative estimate of drug-likeness (QED) is 0.715.